The van der Waals surface area contributed by atoms with Gasteiger partial charge in [0.25, 0.3) is 0 Å². The molecule has 0 atom stereocenters. The summed E-state index contributed by atoms with van der Waals surface area (Å²) in [5.74, 6) is 5.81. The summed E-state index contributed by atoms with van der Waals surface area (Å²) in [4.78, 5) is 14.7. The minimum absolute atomic E-state index is 0.0296. The second kappa shape index (κ2) is 5.81. The van der Waals surface area contributed by atoms with Crippen LogP contribution in [0.3, 0.4) is 0 Å². The van der Waals surface area contributed by atoms with Crippen molar-refractivity contribution in [1.82, 2.24) is 14.9 Å². The number of imidazole rings is 1. The SMILES string of the molecule is CCC(=O)NCC#CCn1ccnc1. The summed E-state index contributed by atoms with van der Waals surface area (Å²) < 4.78 is 1.87. The van der Waals surface area contributed by atoms with E-state index in [4.69, 9.17) is 0 Å². The fraction of sp³-hybridized carbons (Fsp3) is 0.400. The molecule has 0 bridgehead atoms. The molecule has 1 aromatic rings. The smallest absolute Gasteiger partial charge is 0.220 e. The molecular formula is C10H13N3O. The first kappa shape index (κ1) is 10.3. The zero-order valence-corrected chi connectivity index (χ0v) is 8.16. The zero-order valence-electron chi connectivity index (χ0n) is 8.16. The van der Waals surface area contributed by atoms with Crippen LogP contribution in [0.5, 0.6) is 0 Å². The van der Waals surface area contributed by atoms with Crippen molar-refractivity contribution < 1.29 is 4.79 Å². The fourth-order valence-corrected chi connectivity index (χ4v) is 0.858. The van der Waals surface area contributed by atoms with Gasteiger partial charge in [-0.3, -0.25) is 4.79 Å². The summed E-state index contributed by atoms with van der Waals surface area (Å²) in [6, 6.07) is 0. The number of aromatic nitrogens is 2. The van der Waals surface area contributed by atoms with Gasteiger partial charge in [0.15, 0.2) is 0 Å². The van der Waals surface area contributed by atoms with E-state index in [1.165, 1.54) is 0 Å². The third-order valence-electron chi connectivity index (χ3n) is 1.64. The Labute approximate surface area is 83.3 Å². The number of carbonyl (C=O) groups is 1. The summed E-state index contributed by atoms with van der Waals surface area (Å²) in [6.45, 7) is 2.84. The van der Waals surface area contributed by atoms with Crippen LogP contribution in [0.15, 0.2) is 18.7 Å². The van der Waals surface area contributed by atoms with Gasteiger partial charge in [0, 0.05) is 18.8 Å². The molecule has 0 spiro atoms. The van der Waals surface area contributed by atoms with Crippen LogP contribution in [0, 0.1) is 11.8 Å². The van der Waals surface area contributed by atoms with Crippen molar-refractivity contribution in [2.75, 3.05) is 6.54 Å². The summed E-state index contributed by atoms with van der Waals surface area (Å²) in [6.07, 6.45) is 5.77. The van der Waals surface area contributed by atoms with E-state index >= 15 is 0 Å². The Bertz CT molecular complexity index is 332. The van der Waals surface area contributed by atoms with Crippen molar-refractivity contribution in [3.05, 3.63) is 18.7 Å². The van der Waals surface area contributed by atoms with Gasteiger partial charge in [-0.2, -0.15) is 0 Å². The number of rotatable bonds is 3. The van der Waals surface area contributed by atoms with Gasteiger partial charge in [0.05, 0.1) is 19.4 Å². The third kappa shape index (κ3) is 3.76. The number of carbonyl (C=O) groups excluding carboxylic acids is 1. The lowest BCUT2D eigenvalue weighted by molar-refractivity contribution is -0.120. The van der Waals surface area contributed by atoms with Crippen molar-refractivity contribution in [3.63, 3.8) is 0 Å². The lowest BCUT2D eigenvalue weighted by Crippen LogP contribution is -2.22. The van der Waals surface area contributed by atoms with Crippen molar-refractivity contribution in [2.45, 2.75) is 19.9 Å². The van der Waals surface area contributed by atoms with Crippen molar-refractivity contribution in [3.8, 4) is 11.8 Å². The van der Waals surface area contributed by atoms with E-state index in [1.54, 1.807) is 12.5 Å². The van der Waals surface area contributed by atoms with E-state index in [-0.39, 0.29) is 5.91 Å². The highest BCUT2D eigenvalue weighted by Gasteiger charge is 1.90. The van der Waals surface area contributed by atoms with Gasteiger partial charge in [-0.15, -0.1) is 0 Å². The third-order valence-corrected chi connectivity index (χ3v) is 1.64. The minimum atomic E-state index is 0.0296. The predicted molar refractivity (Wildman–Crippen MR) is 53.3 cm³/mol. The summed E-state index contributed by atoms with van der Waals surface area (Å²) in [5.41, 5.74) is 0. The summed E-state index contributed by atoms with van der Waals surface area (Å²) in [5, 5.41) is 2.67. The maximum absolute atomic E-state index is 10.8. The molecule has 0 saturated heterocycles. The molecule has 0 aliphatic carbocycles. The van der Waals surface area contributed by atoms with Gasteiger partial charge in [0.2, 0.25) is 5.91 Å². The molecule has 1 N–H and O–H groups in total. The van der Waals surface area contributed by atoms with Gasteiger partial charge < -0.3 is 9.88 Å². The van der Waals surface area contributed by atoms with Gasteiger partial charge in [0.1, 0.15) is 0 Å². The number of amides is 1. The van der Waals surface area contributed by atoms with E-state index in [9.17, 15) is 4.79 Å². The molecule has 0 aliphatic heterocycles. The number of hydrogen-bond acceptors (Lipinski definition) is 2. The maximum atomic E-state index is 10.8. The Hall–Kier alpha value is -1.76. The second-order valence-corrected chi connectivity index (χ2v) is 2.72. The molecular weight excluding hydrogens is 178 g/mol. The van der Waals surface area contributed by atoms with E-state index in [2.05, 4.69) is 22.1 Å². The molecule has 0 unspecified atom stereocenters. The highest BCUT2D eigenvalue weighted by molar-refractivity contribution is 5.75. The van der Waals surface area contributed by atoms with Crippen LogP contribution in [-0.2, 0) is 11.3 Å². The van der Waals surface area contributed by atoms with Crippen molar-refractivity contribution in [1.29, 1.82) is 0 Å². The van der Waals surface area contributed by atoms with E-state index < -0.39 is 0 Å². The predicted octanol–water partition coefficient (Wildman–Crippen LogP) is 0.413. The van der Waals surface area contributed by atoms with Crippen LogP contribution in [0.25, 0.3) is 0 Å². The van der Waals surface area contributed by atoms with E-state index in [0.717, 1.165) is 0 Å². The number of nitrogens with one attached hydrogen (secondary N) is 1. The molecule has 14 heavy (non-hydrogen) atoms. The Kier molecular flexibility index (Phi) is 4.29. The second-order valence-electron chi connectivity index (χ2n) is 2.72. The first-order valence-electron chi connectivity index (χ1n) is 4.51. The van der Waals surface area contributed by atoms with Crippen LogP contribution < -0.4 is 5.32 Å². The minimum Gasteiger partial charge on any atom is -0.345 e. The molecule has 0 aromatic carbocycles. The summed E-state index contributed by atoms with van der Waals surface area (Å²) in [7, 11) is 0. The molecule has 1 aromatic heterocycles. The number of hydrogen-bond donors (Lipinski definition) is 1. The highest BCUT2D eigenvalue weighted by Crippen LogP contribution is 1.82. The largest absolute Gasteiger partial charge is 0.345 e. The Morgan fingerprint density at radius 1 is 1.57 bits per heavy atom. The van der Waals surface area contributed by atoms with Crippen molar-refractivity contribution in [2.24, 2.45) is 0 Å². The van der Waals surface area contributed by atoms with Crippen LogP contribution in [-0.4, -0.2) is 22.0 Å². The quantitative estimate of drug-likeness (QED) is 0.703. The molecule has 1 amide bonds. The van der Waals surface area contributed by atoms with Crippen LogP contribution in [0.1, 0.15) is 13.3 Å². The van der Waals surface area contributed by atoms with Gasteiger partial charge in [-0.25, -0.2) is 4.98 Å². The molecule has 4 heteroatoms. The van der Waals surface area contributed by atoms with Crippen molar-refractivity contribution >= 4 is 5.91 Å². The standard InChI is InChI=1S/C10H13N3O/c1-2-10(14)12-5-3-4-7-13-8-6-11-9-13/h6,8-9H,2,5,7H2,1H3,(H,12,14). The van der Waals surface area contributed by atoms with E-state index in [0.29, 0.717) is 19.5 Å². The van der Waals surface area contributed by atoms with Crippen LogP contribution in [0.4, 0.5) is 0 Å². The Balaban J connectivity index is 2.18. The van der Waals surface area contributed by atoms with Gasteiger partial charge in [-0.05, 0) is 0 Å². The van der Waals surface area contributed by atoms with Crippen LogP contribution in [0.2, 0.25) is 0 Å². The first-order valence-corrected chi connectivity index (χ1v) is 4.51. The molecule has 0 radical (unpaired) electrons. The molecule has 0 aliphatic rings. The Morgan fingerprint density at radius 3 is 3.07 bits per heavy atom. The molecule has 74 valence electrons. The van der Waals surface area contributed by atoms with Crippen LogP contribution >= 0.6 is 0 Å². The molecule has 0 fully saturated rings. The Morgan fingerprint density at radius 2 is 2.43 bits per heavy atom. The lowest BCUT2D eigenvalue weighted by Gasteiger charge is -1.95. The van der Waals surface area contributed by atoms with E-state index in [1.807, 2.05) is 17.7 Å². The van der Waals surface area contributed by atoms with Gasteiger partial charge >= 0.3 is 0 Å². The molecule has 1 heterocycles. The average molecular weight is 191 g/mol. The zero-order chi connectivity index (χ0) is 10.2. The normalized spacial score (nSPS) is 8.93. The lowest BCUT2D eigenvalue weighted by atomic mass is 10.4. The monoisotopic (exact) mass is 191 g/mol. The number of nitrogens with zero attached hydrogens (tertiary/aromatic N) is 2. The fourth-order valence-electron chi connectivity index (χ4n) is 0.858. The first-order chi connectivity index (χ1) is 6.83. The molecule has 1 rings (SSSR count). The highest BCUT2D eigenvalue weighted by atomic mass is 16.1. The van der Waals surface area contributed by atoms with Gasteiger partial charge in [-0.1, -0.05) is 18.8 Å². The summed E-state index contributed by atoms with van der Waals surface area (Å²) >= 11 is 0. The topological polar surface area (TPSA) is 46.9 Å². The molecule has 4 nitrogen and oxygen atoms in total. The maximum Gasteiger partial charge on any atom is 0.220 e. The average Bonchev–Trinajstić information content (AvgIpc) is 2.69. The molecule has 0 saturated carbocycles.